The molecule has 0 unspecified atom stereocenters. The normalized spacial score (nSPS) is 10.1. The second-order valence-electron chi connectivity index (χ2n) is 6.26. The average molecular weight is 593 g/mol. The largest absolute Gasteiger partial charge is 3.00 e. The third kappa shape index (κ3) is 5.94. The Morgan fingerprint density at radius 1 is 0.559 bits per heavy atom. The van der Waals surface area contributed by atoms with Crippen LogP contribution in [0, 0.1) is 9.54 Å². The van der Waals surface area contributed by atoms with Gasteiger partial charge in [0, 0.05) is 11.1 Å². The number of rotatable bonds is 0. The number of fused-ring (bicyclic) bond motifs is 6. The van der Waals surface area contributed by atoms with Gasteiger partial charge in [-0.3, -0.25) is 30.6 Å². The Labute approximate surface area is 231 Å². The first-order chi connectivity index (χ1) is 14.7. The van der Waals surface area contributed by atoms with Gasteiger partial charge in [-0.05, 0) is 36.6 Å². The number of hydrogen-bond donors (Lipinski definition) is 6. The van der Waals surface area contributed by atoms with Crippen LogP contribution < -0.4 is 48.2 Å². The van der Waals surface area contributed by atoms with Gasteiger partial charge >= 0.3 is 17.4 Å². The van der Waals surface area contributed by atoms with Crippen LogP contribution in [0.1, 0.15) is 0 Å². The third-order valence-electron chi connectivity index (χ3n) is 4.36. The number of hydrogen-bond acceptors (Lipinski definition) is 6. The minimum Gasteiger partial charge on any atom is -1.00 e. The van der Waals surface area contributed by atoms with Gasteiger partial charge in [0.25, 0.3) is 0 Å². The van der Waals surface area contributed by atoms with Crippen LogP contribution in [-0.2, 0) is 17.4 Å². The second kappa shape index (κ2) is 12.8. The molecule has 3 aromatic rings. The maximum Gasteiger partial charge on any atom is 3.00 e. The molecule has 3 heterocycles. The molecule has 6 N–H and O–H groups in total. The van der Waals surface area contributed by atoms with Crippen LogP contribution in [0.2, 0.25) is 0 Å². The molecule has 0 fully saturated rings. The molecule has 1 aromatic heterocycles. The van der Waals surface area contributed by atoms with E-state index in [1.54, 1.807) is 0 Å². The van der Waals surface area contributed by atoms with E-state index in [2.05, 4.69) is 50.8 Å². The van der Waals surface area contributed by atoms with E-state index in [9.17, 15) is 0 Å². The van der Waals surface area contributed by atoms with E-state index in [-0.39, 0.29) is 64.1 Å². The predicted molar refractivity (Wildman–Crippen MR) is 115 cm³/mol. The Bertz CT molecular complexity index is 1470. The Hall–Kier alpha value is -2.50. The maximum absolute atomic E-state index is 5.32. The van der Waals surface area contributed by atoms with Crippen LogP contribution in [0.15, 0.2) is 58.5 Å². The van der Waals surface area contributed by atoms with Crippen molar-refractivity contribution in [1.29, 1.82) is 0 Å². The molecule has 34 heavy (non-hydrogen) atoms. The van der Waals surface area contributed by atoms with Gasteiger partial charge < -0.3 is 37.2 Å². The summed E-state index contributed by atoms with van der Waals surface area (Å²) in [6.45, 7) is 0. The standard InChI is InChI=1S/C18H14N10S2.3ClH.Cr/c29-17-25-21-13-9-5-1-3-7-11(9)19-15(13)23-27-18(30)28-24-16-14(22-26-17)10-6-2-4-8-12(10)20-16;;;;/h1-8H,(H,19,23)(H,20,24)(H2,25,26,29)(H2,27,28,30);3*1H;/q;;;;+3/p-3. The van der Waals surface area contributed by atoms with Crippen molar-refractivity contribution in [2.45, 2.75) is 0 Å². The molecule has 0 saturated heterocycles. The summed E-state index contributed by atoms with van der Waals surface area (Å²) < 4.78 is 0.496. The first-order valence-corrected chi connectivity index (χ1v) is 9.67. The molecule has 10 nitrogen and oxygen atoms in total. The summed E-state index contributed by atoms with van der Waals surface area (Å²) in [6, 6.07) is 15.3. The van der Waals surface area contributed by atoms with Gasteiger partial charge in [-0.2, -0.15) is 10.2 Å². The molecule has 2 aliphatic rings. The Morgan fingerprint density at radius 2 is 0.971 bits per heavy atom. The van der Waals surface area contributed by atoms with E-state index < -0.39 is 0 Å². The quantitative estimate of drug-likeness (QED) is 0.0996. The number of benzene rings is 2. The molecule has 0 amide bonds. The van der Waals surface area contributed by atoms with Crippen LogP contribution in [0.25, 0.3) is 22.5 Å². The smallest absolute Gasteiger partial charge is 1.00 e. The number of nitrogens with one attached hydrogen (secondary N) is 6. The zero-order valence-corrected chi connectivity index (χ0v) is 21.9. The molecule has 1 radical (unpaired) electrons. The molecule has 5 rings (SSSR count). The van der Waals surface area contributed by atoms with Crippen molar-refractivity contribution in [3.05, 3.63) is 69.0 Å². The second-order valence-corrected chi connectivity index (χ2v) is 7.07. The number of H-pyrrole nitrogens is 6. The minimum atomic E-state index is 0. The van der Waals surface area contributed by atoms with Crippen molar-refractivity contribution in [3.8, 4) is 22.5 Å². The van der Waals surface area contributed by atoms with Gasteiger partial charge in [-0.15, -0.1) is 0 Å². The summed E-state index contributed by atoms with van der Waals surface area (Å²) in [7, 11) is 0. The number of nitrogens with zero attached hydrogens (tertiary/aromatic N) is 4. The van der Waals surface area contributed by atoms with Gasteiger partial charge in [0.15, 0.2) is 11.0 Å². The zero-order valence-electron chi connectivity index (χ0n) is 16.8. The molecule has 16 heteroatoms. The average Bonchev–Trinajstić information content (AvgIpc) is 3.30. The van der Waals surface area contributed by atoms with E-state index in [1.807, 2.05) is 48.5 Å². The van der Waals surface area contributed by atoms with Crippen LogP contribution in [-0.4, -0.2) is 40.8 Å². The topological polar surface area (TPSA) is 145 Å². The first-order valence-electron chi connectivity index (χ1n) is 8.85. The van der Waals surface area contributed by atoms with E-state index in [0.29, 0.717) is 22.4 Å². The van der Waals surface area contributed by atoms with Crippen molar-refractivity contribution in [2.24, 2.45) is 9.98 Å². The first kappa shape index (κ1) is 29.5. The number of aromatic amines is 6. The van der Waals surface area contributed by atoms with Crippen molar-refractivity contribution in [3.63, 3.8) is 0 Å². The Kier molecular flexibility index (Phi) is 11.1. The molecule has 2 aromatic carbocycles. The Balaban J connectivity index is 0.00000144. The molecule has 0 aliphatic carbocycles. The Morgan fingerprint density at radius 3 is 1.41 bits per heavy atom. The molecule has 2 aliphatic heterocycles. The van der Waals surface area contributed by atoms with Crippen LogP contribution in [0.5, 0.6) is 0 Å². The SMILES string of the molecule is S=c1[nH]nc2c([nH][nH]c(=S)[nH][nH]c3c(n[nH]1)-c1ccccc1N=3)=Nc1ccccc1-2.[Cl-].[Cl-].[Cl-].[Cr+3]. The fourth-order valence-electron chi connectivity index (χ4n) is 3.05. The number of aromatic nitrogens is 8. The van der Waals surface area contributed by atoms with Crippen molar-refractivity contribution < 1.29 is 54.6 Å². The molecule has 0 spiro atoms. The van der Waals surface area contributed by atoms with Crippen LogP contribution in [0.3, 0.4) is 0 Å². The van der Waals surface area contributed by atoms with E-state index in [0.717, 1.165) is 22.5 Å². The van der Waals surface area contributed by atoms with E-state index in [4.69, 9.17) is 24.4 Å². The van der Waals surface area contributed by atoms with Crippen molar-refractivity contribution in [2.75, 3.05) is 0 Å². The molecular weight excluding hydrogens is 579 g/mol. The summed E-state index contributed by atoms with van der Waals surface area (Å²) in [5.41, 5.74) is 5.40. The van der Waals surface area contributed by atoms with Gasteiger partial charge in [0.1, 0.15) is 11.4 Å². The van der Waals surface area contributed by atoms with Gasteiger partial charge in [0.05, 0.1) is 11.4 Å². The fraction of sp³-hybridized carbons (Fsp3) is 0. The molecule has 0 atom stereocenters. The number of halogens is 3. The monoisotopic (exact) mass is 591 g/mol. The predicted octanol–water partition coefficient (Wildman–Crippen LogP) is -5.85. The number of para-hydroxylation sites is 2. The van der Waals surface area contributed by atoms with E-state index in [1.165, 1.54) is 0 Å². The van der Waals surface area contributed by atoms with Crippen molar-refractivity contribution in [1.82, 2.24) is 40.8 Å². The molecule has 175 valence electrons. The summed E-state index contributed by atoms with van der Waals surface area (Å²) in [6.07, 6.45) is 0. The molecular formula is C18H14Cl3CrN10S2. The summed E-state index contributed by atoms with van der Waals surface area (Å²) >= 11 is 10.6. The van der Waals surface area contributed by atoms with E-state index >= 15 is 0 Å². The van der Waals surface area contributed by atoms with Gasteiger partial charge in [-0.1, -0.05) is 36.4 Å². The summed E-state index contributed by atoms with van der Waals surface area (Å²) in [4.78, 5) is 9.07. The molecule has 0 bridgehead atoms. The minimum absolute atomic E-state index is 0. The fourth-order valence-corrected chi connectivity index (χ4v) is 3.24. The maximum atomic E-state index is 5.32. The summed E-state index contributed by atoms with van der Waals surface area (Å²) in [5, 5.41) is 26.1. The van der Waals surface area contributed by atoms with Crippen LogP contribution >= 0.6 is 24.4 Å². The van der Waals surface area contributed by atoms with Gasteiger partial charge in [-0.25, -0.2) is 9.98 Å². The van der Waals surface area contributed by atoms with Crippen molar-refractivity contribution >= 4 is 35.8 Å². The van der Waals surface area contributed by atoms with Gasteiger partial charge in [0.2, 0.25) is 9.54 Å². The zero-order chi connectivity index (χ0) is 20.5. The third-order valence-corrected chi connectivity index (χ3v) is 4.75. The van der Waals surface area contributed by atoms with Crippen LogP contribution in [0.4, 0.5) is 11.4 Å². The summed E-state index contributed by atoms with van der Waals surface area (Å²) in [5.74, 6) is 0. The molecule has 0 saturated carbocycles.